The quantitative estimate of drug-likeness (QED) is 0.366. The number of nitrogens with zero attached hydrogens (tertiary/aromatic N) is 1. The Hall–Kier alpha value is -1.99. The molecule has 11 heteroatoms. The first-order valence-corrected chi connectivity index (χ1v) is 17.6. The van der Waals surface area contributed by atoms with Crippen molar-refractivity contribution >= 4 is 40.9 Å². The number of hydrogen-bond acceptors (Lipinski definition) is 7. The van der Waals surface area contributed by atoms with Crippen molar-refractivity contribution in [3.05, 3.63) is 89.5 Å². The van der Waals surface area contributed by atoms with Gasteiger partial charge in [-0.1, -0.05) is 36.4 Å². The molecule has 1 heterocycles. The summed E-state index contributed by atoms with van der Waals surface area (Å²) in [6.07, 6.45) is 3.66. The fourth-order valence-electron chi connectivity index (χ4n) is 5.05. The summed E-state index contributed by atoms with van der Waals surface area (Å²) >= 11 is 2.54. The van der Waals surface area contributed by atoms with Gasteiger partial charge in [0.15, 0.2) is 18.6 Å². The molecule has 0 saturated carbocycles. The van der Waals surface area contributed by atoms with Crippen molar-refractivity contribution in [3.8, 4) is 0 Å². The second-order valence-corrected chi connectivity index (χ2v) is 15.4. The summed E-state index contributed by atoms with van der Waals surface area (Å²) in [4.78, 5) is 3.05. The smallest absolute Gasteiger partial charge is 0.175 e. The molecule has 0 spiro atoms. The summed E-state index contributed by atoms with van der Waals surface area (Å²) in [5.74, 6) is 0.0910. The number of likely N-dealkylation sites (tertiary alicyclic amines) is 1. The number of sulfone groups is 1. The molecular formula is C27H30NO6S4-. The van der Waals surface area contributed by atoms with E-state index in [1.54, 1.807) is 48.5 Å². The Morgan fingerprint density at radius 2 is 1.55 bits per heavy atom. The van der Waals surface area contributed by atoms with Gasteiger partial charge in [-0.2, -0.15) is 0 Å². The monoisotopic (exact) mass is 592 g/mol. The van der Waals surface area contributed by atoms with Crippen LogP contribution in [0.15, 0.2) is 87.5 Å². The Balaban J connectivity index is 1.53. The molecule has 1 N–H and O–H groups in total. The highest BCUT2D eigenvalue weighted by atomic mass is 32.8. The van der Waals surface area contributed by atoms with Gasteiger partial charge in [0.05, 0.1) is 9.79 Å². The third-order valence-corrected chi connectivity index (χ3v) is 10.3. The van der Waals surface area contributed by atoms with Crippen molar-refractivity contribution in [2.75, 3.05) is 25.9 Å². The molecule has 7 nitrogen and oxygen atoms in total. The van der Waals surface area contributed by atoms with Crippen LogP contribution in [0, 0.1) is 0 Å². The zero-order valence-corrected chi connectivity index (χ0v) is 24.2. The van der Waals surface area contributed by atoms with Gasteiger partial charge in [-0.05, 0) is 109 Å². The molecule has 0 aliphatic carbocycles. The van der Waals surface area contributed by atoms with E-state index in [9.17, 15) is 25.9 Å². The molecule has 38 heavy (non-hydrogen) atoms. The van der Waals surface area contributed by atoms with Gasteiger partial charge in [-0.25, -0.2) is 12.6 Å². The minimum Gasteiger partial charge on any atom is -0.768 e. The van der Waals surface area contributed by atoms with Gasteiger partial charge in [-0.15, -0.1) is 0 Å². The molecule has 1 saturated heterocycles. The average Bonchev–Trinajstić information content (AvgIpc) is 2.89. The van der Waals surface area contributed by atoms with Crippen molar-refractivity contribution in [1.82, 2.24) is 4.90 Å². The van der Waals surface area contributed by atoms with Gasteiger partial charge in [0, 0.05) is 28.3 Å². The lowest BCUT2D eigenvalue weighted by Gasteiger charge is -2.33. The van der Waals surface area contributed by atoms with Crippen LogP contribution in [-0.4, -0.2) is 56.7 Å². The molecule has 3 unspecified atom stereocenters. The van der Waals surface area contributed by atoms with E-state index in [4.69, 9.17) is 11.2 Å². The highest BCUT2D eigenvalue weighted by Crippen LogP contribution is 2.33. The molecule has 1 aliphatic rings. The zero-order chi connectivity index (χ0) is 27.5. The fourth-order valence-corrected chi connectivity index (χ4v) is 7.00. The summed E-state index contributed by atoms with van der Waals surface area (Å²) in [5.41, 5.74) is 2.66. The van der Waals surface area contributed by atoms with Crippen LogP contribution in [0.1, 0.15) is 47.8 Å². The lowest BCUT2D eigenvalue weighted by atomic mass is 9.87. The second-order valence-electron chi connectivity index (χ2n) is 9.66. The van der Waals surface area contributed by atoms with Crippen LogP contribution in [0.4, 0.5) is 0 Å². The molecule has 3 atom stereocenters. The van der Waals surface area contributed by atoms with Crippen LogP contribution >= 0.6 is 0 Å². The molecule has 204 valence electrons. The summed E-state index contributed by atoms with van der Waals surface area (Å²) in [5, 5.41) is 0. The average molecular weight is 593 g/mol. The van der Waals surface area contributed by atoms with E-state index in [1.165, 1.54) is 12.3 Å². The Morgan fingerprint density at radius 1 is 0.974 bits per heavy atom. The maximum atomic E-state index is 12.2. The minimum absolute atomic E-state index is 0.163. The lowest BCUT2D eigenvalue weighted by molar-refractivity contribution is 0.207. The van der Waals surface area contributed by atoms with Crippen LogP contribution in [0.25, 0.3) is 0 Å². The van der Waals surface area contributed by atoms with Gasteiger partial charge >= 0.3 is 0 Å². The van der Waals surface area contributed by atoms with Gasteiger partial charge in [0.25, 0.3) is 0 Å². The Morgan fingerprint density at radius 3 is 2.13 bits per heavy atom. The van der Waals surface area contributed by atoms with E-state index < -0.39 is 29.7 Å². The van der Waals surface area contributed by atoms with Crippen LogP contribution in [0.5, 0.6) is 0 Å². The Kier molecular flexibility index (Phi) is 9.18. The van der Waals surface area contributed by atoms with Gasteiger partial charge in [-0.3, -0.25) is 4.21 Å². The first kappa shape index (κ1) is 29.0. The molecule has 1 aliphatic heterocycles. The third-order valence-electron chi connectivity index (χ3n) is 7.09. The van der Waals surface area contributed by atoms with Crippen molar-refractivity contribution in [2.24, 2.45) is 0 Å². The van der Waals surface area contributed by atoms with Crippen LogP contribution in [0.2, 0.25) is 0 Å². The topological polar surface area (TPSA) is 115 Å². The van der Waals surface area contributed by atoms with Crippen molar-refractivity contribution in [2.45, 2.75) is 45.8 Å². The van der Waals surface area contributed by atoms with Gasteiger partial charge in [0.1, 0.15) is 0 Å². The molecule has 4 rings (SSSR count). The highest BCUT2D eigenvalue weighted by Gasteiger charge is 2.24. The zero-order valence-electron chi connectivity index (χ0n) is 20.9. The van der Waals surface area contributed by atoms with Crippen molar-refractivity contribution in [1.29, 1.82) is 0 Å². The Bertz CT molecular complexity index is 1450. The van der Waals surface area contributed by atoms with Gasteiger partial charge < -0.3 is 14.0 Å². The molecule has 0 amide bonds. The number of hydrogen-bond donors (Lipinski definition) is 1. The number of rotatable bonds is 9. The second kappa shape index (κ2) is 12.0. The molecule has 3 aromatic carbocycles. The van der Waals surface area contributed by atoms with Crippen molar-refractivity contribution in [3.63, 3.8) is 0 Å². The van der Waals surface area contributed by atoms with Gasteiger partial charge in [0.2, 0.25) is 0 Å². The Labute approximate surface area is 232 Å². The van der Waals surface area contributed by atoms with Crippen LogP contribution in [0.3, 0.4) is 0 Å². The predicted molar refractivity (Wildman–Crippen MR) is 151 cm³/mol. The van der Waals surface area contributed by atoms with E-state index in [0.29, 0.717) is 17.2 Å². The predicted octanol–water partition coefficient (Wildman–Crippen LogP) is 4.31. The lowest BCUT2D eigenvalue weighted by Crippen LogP contribution is -2.34. The summed E-state index contributed by atoms with van der Waals surface area (Å²) in [6.45, 7) is 2.45. The van der Waals surface area contributed by atoms with E-state index in [-0.39, 0.29) is 15.7 Å². The number of benzene rings is 3. The largest absolute Gasteiger partial charge is 0.768 e. The first-order chi connectivity index (χ1) is 17.9. The maximum absolute atomic E-state index is 12.2. The molecular weight excluding hydrogens is 563 g/mol. The van der Waals surface area contributed by atoms with E-state index >= 15 is 0 Å². The minimum atomic E-state index is -3.56. The molecule has 0 bridgehead atoms. The molecule has 3 aromatic rings. The standard InChI is InChI=1S/C27H31NO6S4/c1-37(31,32)25-9-3-6-22(18-25)27(23-7-4-10-26(19-23)38(33,34)35)13-16-28-14-11-20(12-15-28)21-5-2-8-24(17-21)36(29)30/h2-10,17-20,27H,11-16H2,1H3,(H,29,30)(H,33,34,35)/p-1. The SMILES string of the molecule is CS(=O)(=O)c1cccc(C(CCN2CCC(c3cccc(S(=O)[O-])c3)CC2)c2cccc(S(=O)(O)=S)c2)c1. The highest BCUT2D eigenvalue weighted by molar-refractivity contribution is 8.29. The fraction of sp³-hybridized carbons (Fsp3) is 0.333. The first-order valence-electron chi connectivity index (χ1n) is 12.2. The normalized spacial score (nSPS) is 18.5. The third kappa shape index (κ3) is 7.35. The van der Waals surface area contributed by atoms with Crippen molar-refractivity contribution < 1.29 is 25.9 Å². The maximum Gasteiger partial charge on any atom is 0.175 e. The summed E-state index contributed by atoms with van der Waals surface area (Å²) in [7, 11) is -6.96. The van der Waals surface area contributed by atoms with E-state index in [1.807, 2.05) is 18.2 Å². The number of piperidine rings is 1. The van der Waals surface area contributed by atoms with Crippen LogP contribution < -0.4 is 0 Å². The molecule has 0 radical (unpaired) electrons. The molecule has 1 fully saturated rings. The molecule has 0 aromatic heterocycles. The van der Waals surface area contributed by atoms with Crippen LogP contribution in [-0.2, 0) is 40.9 Å². The van der Waals surface area contributed by atoms with E-state index in [2.05, 4.69) is 4.90 Å². The summed E-state index contributed by atoms with van der Waals surface area (Å²) < 4.78 is 69.2. The summed E-state index contributed by atoms with van der Waals surface area (Å²) in [6, 6.07) is 20.7. The van der Waals surface area contributed by atoms with E-state index in [0.717, 1.165) is 49.2 Å².